The molecule has 27 heavy (non-hydrogen) atoms. The van der Waals surface area contributed by atoms with Crippen LogP contribution >= 0.6 is 0 Å². The molecule has 0 aromatic heterocycles. The number of allylic oxidation sites excluding steroid dienone is 2. The van der Waals surface area contributed by atoms with Crippen LogP contribution in [-0.4, -0.2) is 5.97 Å². The molecule has 2 aromatic carbocycles. The Morgan fingerprint density at radius 3 is 2.52 bits per heavy atom. The molecule has 0 radical (unpaired) electrons. The molecule has 0 saturated heterocycles. The maximum Gasteiger partial charge on any atom is 0.374 e. The van der Waals surface area contributed by atoms with Crippen molar-refractivity contribution in [2.45, 2.75) is 19.4 Å². The first-order chi connectivity index (χ1) is 13.0. The highest BCUT2D eigenvalue weighted by molar-refractivity contribution is 5.88. The Bertz CT molecular complexity index is 957. The lowest BCUT2D eigenvalue weighted by Gasteiger charge is -2.26. The minimum Gasteiger partial charge on any atom is -0.455 e. The molecule has 0 unspecified atom stereocenters. The minimum atomic E-state index is -0.677. The van der Waals surface area contributed by atoms with Gasteiger partial charge < -0.3 is 15.2 Å². The summed E-state index contributed by atoms with van der Waals surface area (Å²) in [5.41, 5.74) is 7.97. The van der Waals surface area contributed by atoms with Gasteiger partial charge in [0, 0.05) is 5.92 Å². The summed E-state index contributed by atoms with van der Waals surface area (Å²) in [7, 11) is 0. The molecule has 1 atom stereocenters. The van der Waals surface area contributed by atoms with Crippen LogP contribution in [0.3, 0.4) is 0 Å². The van der Waals surface area contributed by atoms with E-state index in [0.29, 0.717) is 11.1 Å². The van der Waals surface area contributed by atoms with Crippen molar-refractivity contribution in [3.05, 3.63) is 94.3 Å². The molecule has 0 fully saturated rings. The van der Waals surface area contributed by atoms with Crippen LogP contribution in [0.25, 0.3) is 0 Å². The summed E-state index contributed by atoms with van der Waals surface area (Å²) in [4.78, 5) is 12.5. The van der Waals surface area contributed by atoms with Crippen molar-refractivity contribution < 1.29 is 18.7 Å². The van der Waals surface area contributed by atoms with Crippen LogP contribution < -0.4 is 5.73 Å². The maximum absolute atomic E-state index is 13.3. The third kappa shape index (κ3) is 3.82. The molecule has 5 nitrogen and oxygen atoms in total. The number of hydrogen-bond acceptors (Lipinski definition) is 5. The van der Waals surface area contributed by atoms with Crippen molar-refractivity contribution in [1.82, 2.24) is 0 Å². The number of rotatable bonds is 4. The standard InChI is InChI=1S/C21H17FN2O3/c1-13-18(15-7-9-16(22)10-8-15)17(11-23)20(24)27-19(13)21(25)26-12-14-5-3-2-4-6-14/h2-10,18H,12,24H2,1H3/t18-/m0/s1. The van der Waals surface area contributed by atoms with Crippen LogP contribution in [0.2, 0.25) is 0 Å². The van der Waals surface area contributed by atoms with Crippen LogP contribution in [0.4, 0.5) is 4.39 Å². The van der Waals surface area contributed by atoms with Crippen LogP contribution in [-0.2, 0) is 20.9 Å². The van der Waals surface area contributed by atoms with Crippen molar-refractivity contribution >= 4 is 5.97 Å². The second-order valence-corrected chi connectivity index (χ2v) is 6.05. The van der Waals surface area contributed by atoms with Crippen molar-refractivity contribution in [3.8, 4) is 6.07 Å². The summed E-state index contributed by atoms with van der Waals surface area (Å²) in [6, 6.07) is 16.9. The van der Waals surface area contributed by atoms with Gasteiger partial charge in [-0.15, -0.1) is 0 Å². The van der Waals surface area contributed by atoms with Gasteiger partial charge in [-0.2, -0.15) is 5.26 Å². The molecule has 0 aliphatic carbocycles. The average molecular weight is 364 g/mol. The SMILES string of the molecule is CC1=C(C(=O)OCc2ccccc2)OC(N)=C(C#N)[C@@H]1c1ccc(F)cc1. The van der Waals surface area contributed by atoms with Crippen molar-refractivity contribution in [3.63, 3.8) is 0 Å². The van der Waals surface area contributed by atoms with Gasteiger partial charge in [0.2, 0.25) is 11.6 Å². The van der Waals surface area contributed by atoms with Gasteiger partial charge in [-0.05, 0) is 35.8 Å². The first-order valence-corrected chi connectivity index (χ1v) is 8.26. The summed E-state index contributed by atoms with van der Waals surface area (Å²) in [6.07, 6.45) is 0. The zero-order valence-electron chi connectivity index (χ0n) is 14.6. The summed E-state index contributed by atoms with van der Waals surface area (Å²) >= 11 is 0. The molecule has 2 N–H and O–H groups in total. The molecule has 1 aliphatic heterocycles. The first-order valence-electron chi connectivity index (χ1n) is 8.26. The van der Waals surface area contributed by atoms with E-state index in [4.69, 9.17) is 15.2 Å². The zero-order chi connectivity index (χ0) is 19.4. The third-order valence-corrected chi connectivity index (χ3v) is 4.28. The molecule has 0 amide bonds. The van der Waals surface area contributed by atoms with E-state index in [1.165, 1.54) is 12.1 Å². The summed E-state index contributed by atoms with van der Waals surface area (Å²) in [5.74, 6) is -1.90. The third-order valence-electron chi connectivity index (χ3n) is 4.28. The van der Waals surface area contributed by atoms with Gasteiger partial charge in [0.25, 0.3) is 0 Å². The van der Waals surface area contributed by atoms with E-state index in [-0.39, 0.29) is 23.8 Å². The van der Waals surface area contributed by atoms with Gasteiger partial charge in [-0.25, -0.2) is 9.18 Å². The molecular weight excluding hydrogens is 347 g/mol. The normalized spacial score (nSPS) is 16.6. The molecule has 136 valence electrons. The fraction of sp³-hybridized carbons (Fsp3) is 0.143. The van der Waals surface area contributed by atoms with Crippen LogP contribution in [0, 0.1) is 17.1 Å². The predicted octanol–water partition coefficient (Wildman–Crippen LogP) is 3.65. The summed E-state index contributed by atoms with van der Waals surface area (Å²) in [6.45, 7) is 1.74. The van der Waals surface area contributed by atoms with E-state index in [2.05, 4.69) is 0 Å². The van der Waals surface area contributed by atoms with Gasteiger partial charge >= 0.3 is 5.97 Å². The second kappa shape index (κ2) is 7.75. The predicted molar refractivity (Wildman–Crippen MR) is 96.0 cm³/mol. The van der Waals surface area contributed by atoms with Gasteiger partial charge in [0.15, 0.2) is 0 Å². The highest BCUT2D eigenvalue weighted by atomic mass is 19.1. The Labute approximate surface area is 156 Å². The number of nitriles is 1. The van der Waals surface area contributed by atoms with Crippen molar-refractivity contribution in [1.29, 1.82) is 5.26 Å². The maximum atomic E-state index is 13.3. The first kappa shape index (κ1) is 18.2. The Kier molecular flexibility index (Phi) is 5.23. The lowest BCUT2D eigenvalue weighted by Crippen LogP contribution is -2.24. The quantitative estimate of drug-likeness (QED) is 0.837. The summed E-state index contributed by atoms with van der Waals surface area (Å²) in [5, 5.41) is 9.46. The highest BCUT2D eigenvalue weighted by Gasteiger charge is 2.33. The highest BCUT2D eigenvalue weighted by Crippen LogP contribution is 2.39. The van der Waals surface area contributed by atoms with Crippen LogP contribution in [0.5, 0.6) is 0 Å². The number of carbonyl (C=O) groups excluding carboxylic acids is 1. The van der Waals surface area contributed by atoms with E-state index >= 15 is 0 Å². The van der Waals surface area contributed by atoms with Crippen molar-refractivity contribution in [2.75, 3.05) is 0 Å². The topological polar surface area (TPSA) is 85.3 Å². The second-order valence-electron chi connectivity index (χ2n) is 6.05. The van der Waals surface area contributed by atoms with E-state index in [0.717, 1.165) is 5.56 Å². The molecule has 0 saturated carbocycles. The molecule has 1 aliphatic rings. The number of nitrogens with zero attached hydrogens (tertiary/aromatic N) is 1. The number of ether oxygens (including phenoxy) is 2. The lowest BCUT2D eigenvalue weighted by molar-refractivity contribution is -0.144. The van der Waals surface area contributed by atoms with E-state index in [1.54, 1.807) is 19.1 Å². The van der Waals surface area contributed by atoms with Gasteiger partial charge in [0.1, 0.15) is 24.1 Å². The molecule has 0 spiro atoms. The average Bonchev–Trinajstić information content (AvgIpc) is 2.69. The Morgan fingerprint density at radius 1 is 1.22 bits per heavy atom. The van der Waals surface area contributed by atoms with Crippen molar-refractivity contribution in [2.24, 2.45) is 5.73 Å². The van der Waals surface area contributed by atoms with Gasteiger partial charge in [-0.3, -0.25) is 0 Å². The Hall–Kier alpha value is -3.59. The minimum absolute atomic E-state index is 0.0586. The lowest BCUT2D eigenvalue weighted by atomic mass is 9.84. The Morgan fingerprint density at radius 2 is 1.89 bits per heavy atom. The number of hydrogen-bond donors (Lipinski definition) is 1. The number of halogens is 1. The number of esters is 1. The molecule has 2 aromatic rings. The largest absolute Gasteiger partial charge is 0.455 e. The van der Waals surface area contributed by atoms with Gasteiger partial charge in [0.05, 0.1) is 0 Å². The summed E-state index contributed by atoms with van der Waals surface area (Å²) < 4.78 is 24.0. The van der Waals surface area contributed by atoms with Gasteiger partial charge in [-0.1, -0.05) is 42.5 Å². The number of benzene rings is 2. The molecule has 1 heterocycles. The Balaban J connectivity index is 1.90. The zero-order valence-corrected chi connectivity index (χ0v) is 14.6. The number of carbonyl (C=O) groups is 1. The molecule has 3 rings (SSSR count). The molecular formula is C21H17FN2O3. The molecule has 6 heteroatoms. The molecule has 0 bridgehead atoms. The monoisotopic (exact) mass is 364 g/mol. The van der Waals surface area contributed by atoms with Crippen LogP contribution in [0.1, 0.15) is 24.0 Å². The fourth-order valence-corrected chi connectivity index (χ4v) is 2.92. The number of nitrogens with two attached hydrogens (primary N) is 1. The smallest absolute Gasteiger partial charge is 0.374 e. The fourth-order valence-electron chi connectivity index (χ4n) is 2.92. The van der Waals surface area contributed by atoms with E-state index < -0.39 is 17.7 Å². The van der Waals surface area contributed by atoms with E-state index in [1.807, 2.05) is 36.4 Å². The van der Waals surface area contributed by atoms with Crippen LogP contribution in [0.15, 0.2) is 77.4 Å². The van der Waals surface area contributed by atoms with E-state index in [9.17, 15) is 14.4 Å².